The minimum Gasteiger partial charge on any atom is -0.496 e. The van der Waals surface area contributed by atoms with E-state index in [-0.39, 0.29) is 23.1 Å². The van der Waals surface area contributed by atoms with Crippen molar-refractivity contribution in [3.63, 3.8) is 0 Å². The Morgan fingerprint density at radius 1 is 0.966 bits per heavy atom. The lowest BCUT2D eigenvalue weighted by molar-refractivity contribution is -0.137. The number of rotatable bonds is 4. The number of hydrogen-bond acceptors (Lipinski definition) is 6. The van der Waals surface area contributed by atoms with E-state index in [4.69, 9.17) is 13.7 Å². The highest BCUT2D eigenvalue weighted by atomic mass is 19.4. The predicted molar refractivity (Wildman–Crippen MR) is 97.0 cm³/mol. The highest BCUT2D eigenvalue weighted by Crippen LogP contribution is 2.39. The lowest BCUT2D eigenvalue weighted by Gasteiger charge is -2.10. The molecule has 0 aliphatic rings. The van der Waals surface area contributed by atoms with Crippen molar-refractivity contribution in [1.82, 2.24) is 15.4 Å². The van der Waals surface area contributed by atoms with Crippen LogP contribution in [0.5, 0.6) is 5.75 Å². The van der Waals surface area contributed by atoms with Crippen LogP contribution in [0.4, 0.5) is 13.2 Å². The van der Waals surface area contributed by atoms with E-state index in [1.807, 2.05) is 30.3 Å². The average molecular weight is 401 g/mol. The Balaban J connectivity index is 1.77. The molecule has 0 radical (unpaired) electrons. The molecule has 0 aliphatic heterocycles. The molecule has 2 aromatic carbocycles. The maximum Gasteiger partial charge on any atom is 0.416 e. The molecule has 0 saturated carbocycles. The van der Waals surface area contributed by atoms with Crippen LogP contribution in [0.15, 0.2) is 57.5 Å². The quantitative estimate of drug-likeness (QED) is 0.456. The SMILES string of the molecule is COc1cc(C(F)(F)F)ccc1-c1nnc(-c2c(-c3ccccc3)noc2C)o1. The molecule has 29 heavy (non-hydrogen) atoms. The monoisotopic (exact) mass is 401 g/mol. The van der Waals surface area contributed by atoms with Gasteiger partial charge in [-0.15, -0.1) is 10.2 Å². The number of nitrogens with zero attached hydrogens (tertiary/aromatic N) is 3. The molecule has 9 heteroatoms. The highest BCUT2D eigenvalue weighted by Gasteiger charge is 2.32. The average Bonchev–Trinajstić information content (AvgIpc) is 3.34. The normalized spacial score (nSPS) is 11.6. The summed E-state index contributed by atoms with van der Waals surface area (Å²) in [6, 6.07) is 12.4. The van der Waals surface area contributed by atoms with Gasteiger partial charge in [0.05, 0.1) is 18.2 Å². The molecule has 0 saturated heterocycles. The van der Waals surface area contributed by atoms with Crippen LogP contribution in [-0.2, 0) is 6.18 Å². The van der Waals surface area contributed by atoms with Gasteiger partial charge in [0.1, 0.15) is 22.8 Å². The number of alkyl halides is 3. The Hall–Kier alpha value is -3.62. The molecule has 0 fully saturated rings. The van der Waals surface area contributed by atoms with Crippen LogP contribution in [0.3, 0.4) is 0 Å². The third kappa shape index (κ3) is 3.46. The van der Waals surface area contributed by atoms with Gasteiger partial charge in [-0.3, -0.25) is 0 Å². The molecule has 0 N–H and O–H groups in total. The summed E-state index contributed by atoms with van der Waals surface area (Å²) in [6.45, 7) is 1.71. The molecular weight excluding hydrogens is 387 g/mol. The molecule has 4 rings (SSSR count). The molecule has 148 valence electrons. The summed E-state index contributed by atoms with van der Waals surface area (Å²) in [7, 11) is 1.27. The Bertz CT molecular complexity index is 1150. The van der Waals surface area contributed by atoms with E-state index in [0.29, 0.717) is 17.0 Å². The standard InChI is InChI=1S/C20H14F3N3O3/c1-11-16(17(26-29-11)12-6-4-3-5-7-12)19-25-24-18(28-19)14-9-8-13(20(21,22)23)10-15(14)27-2/h3-10H,1-2H3. The van der Waals surface area contributed by atoms with Crippen LogP contribution in [0.25, 0.3) is 34.2 Å². The Kier molecular flexibility index (Phi) is 4.57. The van der Waals surface area contributed by atoms with Crippen molar-refractivity contribution in [2.75, 3.05) is 7.11 Å². The highest BCUT2D eigenvalue weighted by molar-refractivity contribution is 5.78. The van der Waals surface area contributed by atoms with E-state index in [1.165, 1.54) is 13.2 Å². The summed E-state index contributed by atoms with van der Waals surface area (Å²) in [5.74, 6) is 0.600. The van der Waals surface area contributed by atoms with Crippen molar-refractivity contribution in [3.05, 3.63) is 59.9 Å². The number of aromatic nitrogens is 3. The van der Waals surface area contributed by atoms with Gasteiger partial charge in [0.25, 0.3) is 11.8 Å². The number of methoxy groups -OCH3 is 1. The van der Waals surface area contributed by atoms with Crippen molar-refractivity contribution < 1.29 is 26.8 Å². The van der Waals surface area contributed by atoms with Crippen LogP contribution in [0, 0.1) is 6.92 Å². The van der Waals surface area contributed by atoms with Crippen molar-refractivity contribution >= 4 is 0 Å². The zero-order chi connectivity index (χ0) is 20.6. The fourth-order valence-corrected chi connectivity index (χ4v) is 2.89. The van der Waals surface area contributed by atoms with Crippen molar-refractivity contribution in [1.29, 1.82) is 0 Å². The molecule has 0 bridgehead atoms. The number of benzene rings is 2. The maximum absolute atomic E-state index is 13.0. The van der Waals surface area contributed by atoms with Crippen LogP contribution in [0.2, 0.25) is 0 Å². The molecular formula is C20H14F3N3O3. The van der Waals surface area contributed by atoms with Crippen LogP contribution >= 0.6 is 0 Å². The second-order valence-corrected chi connectivity index (χ2v) is 6.15. The second kappa shape index (κ2) is 7.08. The Labute approximate surface area is 162 Å². The smallest absolute Gasteiger partial charge is 0.416 e. The van der Waals surface area contributed by atoms with E-state index in [2.05, 4.69) is 15.4 Å². The third-order valence-corrected chi connectivity index (χ3v) is 4.31. The molecule has 0 aliphatic carbocycles. The first-order valence-corrected chi connectivity index (χ1v) is 8.49. The molecule has 2 heterocycles. The molecule has 4 aromatic rings. The van der Waals surface area contributed by atoms with Gasteiger partial charge in [-0.05, 0) is 25.1 Å². The third-order valence-electron chi connectivity index (χ3n) is 4.31. The van der Waals surface area contributed by atoms with Crippen molar-refractivity contribution in [2.24, 2.45) is 0 Å². The summed E-state index contributed by atoms with van der Waals surface area (Å²) in [4.78, 5) is 0. The van der Waals surface area contributed by atoms with E-state index in [9.17, 15) is 13.2 Å². The Morgan fingerprint density at radius 2 is 1.69 bits per heavy atom. The zero-order valence-corrected chi connectivity index (χ0v) is 15.3. The van der Waals surface area contributed by atoms with Crippen LogP contribution < -0.4 is 4.74 Å². The first-order valence-electron chi connectivity index (χ1n) is 8.49. The van der Waals surface area contributed by atoms with Gasteiger partial charge in [0.2, 0.25) is 0 Å². The Morgan fingerprint density at radius 3 is 2.38 bits per heavy atom. The lowest BCUT2D eigenvalue weighted by Crippen LogP contribution is -2.05. The van der Waals surface area contributed by atoms with E-state index in [1.54, 1.807) is 6.92 Å². The van der Waals surface area contributed by atoms with Gasteiger partial charge >= 0.3 is 6.18 Å². The second-order valence-electron chi connectivity index (χ2n) is 6.15. The van der Waals surface area contributed by atoms with Gasteiger partial charge in [-0.1, -0.05) is 35.5 Å². The number of halogens is 3. The zero-order valence-electron chi connectivity index (χ0n) is 15.3. The maximum atomic E-state index is 13.0. The van der Waals surface area contributed by atoms with Gasteiger partial charge < -0.3 is 13.7 Å². The number of hydrogen-bond donors (Lipinski definition) is 0. The van der Waals surface area contributed by atoms with Gasteiger partial charge in [0, 0.05) is 5.56 Å². The summed E-state index contributed by atoms with van der Waals surface area (Å²) in [6.07, 6.45) is -4.49. The first-order chi connectivity index (χ1) is 13.9. The number of aryl methyl sites for hydroxylation is 1. The summed E-state index contributed by atoms with van der Waals surface area (Å²) >= 11 is 0. The summed E-state index contributed by atoms with van der Waals surface area (Å²) < 4.78 is 55.0. The lowest BCUT2D eigenvalue weighted by atomic mass is 10.1. The molecule has 0 unspecified atom stereocenters. The largest absolute Gasteiger partial charge is 0.496 e. The molecule has 0 spiro atoms. The van der Waals surface area contributed by atoms with E-state index < -0.39 is 11.7 Å². The molecule has 0 atom stereocenters. The van der Waals surface area contributed by atoms with E-state index in [0.717, 1.165) is 17.7 Å². The number of ether oxygens (including phenoxy) is 1. The first kappa shape index (κ1) is 18.7. The molecule has 2 aromatic heterocycles. The van der Waals surface area contributed by atoms with Gasteiger partial charge in [-0.25, -0.2) is 0 Å². The van der Waals surface area contributed by atoms with E-state index >= 15 is 0 Å². The van der Waals surface area contributed by atoms with Gasteiger partial charge in [-0.2, -0.15) is 13.2 Å². The fourth-order valence-electron chi connectivity index (χ4n) is 2.89. The van der Waals surface area contributed by atoms with Crippen molar-refractivity contribution in [3.8, 4) is 39.9 Å². The summed E-state index contributed by atoms with van der Waals surface area (Å²) in [5.41, 5.74) is 1.25. The fraction of sp³-hybridized carbons (Fsp3) is 0.150. The summed E-state index contributed by atoms with van der Waals surface area (Å²) in [5, 5.41) is 12.1. The minimum atomic E-state index is -4.49. The molecule has 6 nitrogen and oxygen atoms in total. The topological polar surface area (TPSA) is 74.2 Å². The minimum absolute atomic E-state index is 0.0187. The molecule has 0 amide bonds. The van der Waals surface area contributed by atoms with Crippen molar-refractivity contribution in [2.45, 2.75) is 13.1 Å². The van der Waals surface area contributed by atoms with Crippen LogP contribution in [-0.4, -0.2) is 22.5 Å². The van der Waals surface area contributed by atoms with Crippen LogP contribution in [0.1, 0.15) is 11.3 Å². The van der Waals surface area contributed by atoms with Gasteiger partial charge in [0.15, 0.2) is 0 Å². The predicted octanol–water partition coefficient (Wildman–Crippen LogP) is 5.39.